The number of tetrazole rings is 1. The minimum absolute atomic E-state index is 0.0547. The molecule has 0 bridgehead atoms. The van der Waals surface area contributed by atoms with E-state index in [2.05, 4.69) is 56.7 Å². The van der Waals surface area contributed by atoms with Crippen molar-refractivity contribution in [1.82, 2.24) is 20.2 Å². The van der Waals surface area contributed by atoms with Crippen LogP contribution in [0.3, 0.4) is 0 Å². The highest BCUT2D eigenvalue weighted by molar-refractivity contribution is 6.03. The second-order valence-electron chi connectivity index (χ2n) is 16.1. The quantitative estimate of drug-likeness (QED) is 0.377. The van der Waals surface area contributed by atoms with Gasteiger partial charge in [-0.15, -0.1) is 10.2 Å². The van der Waals surface area contributed by atoms with Crippen molar-refractivity contribution in [2.45, 2.75) is 119 Å². The summed E-state index contributed by atoms with van der Waals surface area (Å²) in [5, 5.41) is 14.0. The summed E-state index contributed by atoms with van der Waals surface area (Å²) >= 11 is 0. The van der Waals surface area contributed by atoms with E-state index < -0.39 is 10.8 Å². The maximum atomic E-state index is 14.7. The summed E-state index contributed by atoms with van der Waals surface area (Å²) in [6.07, 6.45) is 11.7. The Hall–Kier alpha value is -2.62. The van der Waals surface area contributed by atoms with E-state index >= 15 is 0 Å². The molecular formula is C34H47N5O2. The fraction of sp³-hybridized carbons (Fsp3) is 0.765. The van der Waals surface area contributed by atoms with Gasteiger partial charge in [0.1, 0.15) is 0 Å². The van der Waals surface area contributed by atoms with Gasteiger partial charge in [-0.05, 0) is 90.7 Å². The lowest BCUT2D eigenvalue weighted by atomic mass is 9.34. The first-order valence-electron chi connectivity index (χ1n) is 15.8. The largest absolute Gasteiger partial charge is 0.307 e. The molecule has 5 aliphatic carbocycles. The first-order chi connectivity index (χ1) is 19.1. The van der Waals surface area contributed by atoms with E-state index in [0.717, 1.165) is 69.3 Å². The van der Waals surface area contributed by atoms with E-state index in [1.54, 1.807) is 4.80 Å². The molecule has 6 rings (SSSR count). The lowest BCUT2D eigenvalue weighted by Crippen LogP contribution is -2.65. The van der Waals surface area contributed by atoms with E-state index in [0.29, 0.717) is 0 Å². The number of Topliss-reactive ketones (excluding diaryl/α,β-unsaturated/α-hetero) is 1. The van der Waals surface area contributed by atoms with Gasteiger partial charge in [-0.2, -0.15) is 4.80 Å². The highest BCUT2D eigenvalue weighted by Gasteiger charge is 2.70. The summed E-state index contributed by atoms with van der Waals surface area (Å²) in [4.78, 5) is 33.4. The number of aryl methyl sites for hydroxylation is 1. The first kappa shape index (κ1) is 28.5. The molecule has 7 atom stereocenters. The van der Waals surface area contributed by atoms with Crippen LogP contribution in [0, 0.1) is 51.4 Å². The number of ketones is 2. The minimum atomic E-state index is -0.641. The van der Waals surface area contributed by atoms with Crippen molar-refractivity contribution >= 4 is 11.6 Å². The predicted octanol–water partition coefficient (Wildman–Crippen LogP) is 6.91. The number of carbonyl (C=O) groups excluding carboxylic acids is 2. The number of hydrogen-bond acceptors (Lipinski definition) is 5. The van der Waals surface area contributed by atoms with Gasteiger partial charge in [0, 0.05) is 22.2 Å². The number of nitrogens with zero attached hydrogens (tertiary/aromatic N) is 5. The maximum absolute atomic E-state index is 14.7. The van der Waals surface area contributed by atoms with Crippen LogP contribution in [0.15, 0.2) is 23.4 Å². The standard InChI is InChI=1S/C34H47N5O2/c1-10-17-39-37-28(36-38-39)34-15-13-29(2,3)19-21(34)26-23(40)18-25-31(6)20-22(35-9)27(41)30(4,5)24(31)11-12-32(25,7)33(26,8)14-16-34/h18,20-21,24,26H,10-17,19H2,1-8H3/t21-,24-,26-,31-,32+,33+,34-/m0/s1. The zero-order valence-corrected chi connectivity index (χ0v) is 26.3. The van der Waals surface area contributed by atoms with Gasteiger partial charge in [0.2, 0.25) is 5.70 Å². The molecule has 1 aromatic heterocycles. The van der Waals surface area contributed by atoms with E-state index in [4.69, 9.17) is 11.7 Å². The van der Waals surface area contributed by atoms with Crippen molar-refractivity contribution in [2.24, 2.45) is 44.8 Å². The van der Waals surface area contributed by atoms with Crippen LogP contribution in [-0.2, 0) is 21.5 Å². The molecule has 41 heavy (non-hydrogen) atoms. The Morgan fingerprint density at radius 1 is 1.02 bits per heavy atom. The van der Waals surface area contributed by atoms with Crippen molar-refractivity contribution in [1.29, 1.82) is 0 Å². The Morgan fingerprint density at radius 3 is 2.41 bits per heavy atom. The molecule has 7 heteroatoms. The number of aromatic nitrogens is 4. The molecule has 3 fully saturated rings. The monoisotopic (exact) mass is 557 g/mol. The van der Waals surface area contributed by atoms with Crippen LogP contribution in [0.1, 0.15) is 113 Å². The van der Waals surface area contributed by atoms with Crippen LogP contribution < -0.4 is 0 Å². The van der Waals surface area contributed by atoms with Crippen molar-refractivity contribution in [2.75, 3.05) is 0 Å². The average molecular weight is 558 g/mol. The second-order valence-corrected chi connectivity index (χ2v) is 16.1. The smallest absolute Gasteiger partial charge is 0.226 e. The molecule has 1 aromatic rings. The molecule has 0 spiro atoms. The van der Waals surface area contributed by atoms with Crippen molar-refractivity contribution in [3.63, 3.8) is 0 Å². The second kappa shape index (κ2) is 8.71. The van der Waals surface area contributed by atoms with E-state index in [9.17, 15) is 9.59 Å². The van der Waals surface area contributed by atoms with Gasteiger partial charge in [0.15, 0.2) is 17.4 Å². The molecule has 0 aliphatic heterocycles. The van der Waals surface area contributed by atoms with Gasteiger partial charge < -0.3 is 4.79 Å². The van der Waals surface area contributed by atoms with Crippen molar-refractivity contribution in [3.05, 3.63) is 40.7 Å². The molecular weight excluding hydrogens is 510 g/mol. The summed E-state index contributed by atoms with van der Waals surface area (Å²) in [6, 6.07) is 0. The first-order valence-corrected chi connectivity index (χ1v) is 15.8. The minimum Gasteiger partial charge on any atom is -0.307 e. The molecule has 0 saturated heterocycles. The Bertz CT molecular complexity index is 1430. The highest BCUT2D eigenvalue weighted by Crippen LogP contribution is 2.74. The van der Waals surface area contributed by atoms with Crippen LogP contribution in [0.2, 0.25) is 0 Å². The third-order valence-corrected chi connectivity index (χ3v) is 13.2. The van der Waals surface area contributed by atoms with Crippen LogP contribution in [0.5, 0.6) is 0 Å². The van der Waals surface area contributed by atoms with Gasteiger partial charge in [-0.3, -0.25) is 4.79 Å². The summed E-state index contributed by atoms with van der Waals surface area (Å²) in [6.45, 7) is 26.4. The van der Waals surface area contributed by atoms with Gasteiger partial charge in [0.25, 0.3) is 0 Å². The topological polar surface area (TPSA) is 82.1 Å². The summed E-state index contributed by atoms with van der Waals surface area (Å²) < 4.78 is 0. The zero-order valence-electron chi connectivity index (χ0n) is 26.3. The molecule has 5 aliphatic rings. The van der Waals surface area contributed by atoms with Gasteiger partial charge >= 0.3 is 0 Å². The number of hydrogen-bond donors (Lipinski definition) is 0. The maximum Gasteiger partial charge on any atom is 0.226 e. The molecule has 3 saturated carbocycles. The van der Waals surface area contributed by atoms with Gasteiger partial charge in [-0.1, -0.05) is 67.0 Å². The number of rotatable bonds is 3. The molecule has 7 nitrogen and oxygen atoms in total. The van der Waals surface area contributed by atoms with Gasteiger partial charge in [-0.25, -0.2) is 4.85 Å². The molecule has 0 aromatic carbocycles. The normalized spacial score (nSPS) is 42.6. The highest BCUT2D eigenvalue weighted by atomic mass is 16.1. The summed E-state index contributed by atoms with van der Waals surface area (Å²) in [7, 11) is 0. The van der Waals surface area contributed by atoms with Gasteiger partial charge in [0.05, 0.1) is 13.1 Å². The Morgan fingerprint density at radius 2 is 1.73 bits per heavy atom. The number of fused-ring (bicyclic) bond motifs is 7. The SMILES string of the molecule is [C-]#[N+]C1=C[C@]2(C)C3=CC(=O)[C@@H]4[C@@H]5CC(C)(C)CC[C@]5(c5nnn(CCC)n5)CC[C@@]4(C)[C@]3(C)CC[C@H]2C(C)(C)C1=O. The number of carbonyl (C=O) groups is 2. The summed E-state index contributed by atoms with van der Waals surface area (Å²) in [5.74, 6) is 1.10. The van der Waals surface area contributed by atoms with E-state index in [1.807, 2.05) is 26.0 Å². The fourth-order valence-corrected chi connectivity index (χ4v) is 10.7. The van der Waals surface area contributed by atoms with Crippen LogP contribution in [0.4, 0.5) is 0 Å². The third-order valence-electron chi connectivity index (χ3n) is 13.2. The van der Waals surface area contributed by atoms with Crippen molar-refractivity contribution in [3.8, 4) is 0 Å². The predicted molar refractivity (Wildman–Crippen MR) is 157 cm³/mol. The number of allylic oxidation sites excluding steroid dienone is 4. The summed E-state index contributed by atoms with van der Waals surface area (Å²) in [5.41, 5.74) is -0.296. The van der Waals surface area contributed by atoms with E-state index in [1.165, 1.54) is 0 Å². The Kier molecular flexibility index (Phi) is 6.05. The lowest BCUT2D eigenvalue weighted by Gasteiger charge is -2.69. The molecule has 1 heterocycles. The Labute approximate surface area is 245 Å². The molecule has 0 amide bonds. The van der Waals surface area contributed by atoms with E-state index in [-0.39, 0.29) is 56.7 Å². The Balaban J connectivity index is 1.51. The van der Waals surface area contributed by atoms with Crippen LogP contribution in [-0.4, -0.2) is 31.8 Å². The van der Waals surface area contributed by atoms with Crippen LogP contribution in [0.25, 0.3) is 4.85 Å². The molecule has 0 radical (unpaired) electrons. The third kappa shape index (κ3) is 3.58. The molecule has 220 valence electrons. The van der Waals surface area contributed by atoms with Crippen molar-refractivity contribution < 1.29 is 9.59 Å². The zero-order chi connectivity index (χ0) is 29.8. The molecule has 0 N–H and O–H groups in total. The average Bonchev–Trinajstić information content (AvgIpc) is 3.37. The lowest BCUT2D eigenvalue weighted by molar-refractivity contribution is -0.160. The fourth-order valence-electron chi connectivity index (χ4n) is 10.7. The molecule has 0 unspecified atom stereocenters. The van der Waals surface area contributed by atoms with Crippen LogP contribution >= 0.6 is 0 Å².